The molecule has 0 aromatic heterocycles. The van der Waals surface area contributed by atoms with Crippen LogP contribution in [0.25, 0.3) is 0 Å². The van der Waals surface area contributed by atoms with Crippen LogP contribution in [0.2, 0.25) is 0 Å². The van der Waals surface area contributed by atoms with Gasteiger partial charge in [-0.1, -0.05) is 0 Å². The van der Waals surface area contributed by atoms with Crippen molar-refractivity contribution in [2.75, 3.05) is 21.2 Å². The van der Waals surface area contributed by atoms with E-state index in [1.807, 2.05) is 0 Å². The van der Waals surface area contributed by atoms with Gasteiger partial charge >= 0.3 is 0 Å². The SMILES string of the molecule is COc1c(F)cc(C(=O)N(C)C)cc1S(=O)(=O)Cl. The van der Waals surface area contributed by atoms with E-state index in [1.165, 1.54) is 19.0 Å². The van der Waals surface area contributed by atoms with E-state index in [0.717, 1.165) is 19.2 Å². The Hall–Kier alpha value is -1.34. The molecule has 1 aromatic carbocycles. The number of nitrogens with zero attached hydrogens (tertiary/aromatic N) is 1. The third kappa shape index (κ3) is 2.91. The highest BCUT2D eigenvalue weighted by atomic mass is 35.7. The summed E-state index contributed by atoms with van der Waals surface area (Å²) in [7, 11) is 4.98. The van der Waals surface area contributed by atoms with Gasteiger partial charge in [-0.25, -0.2) is 12.8 Å². The van der Waals surface area contributed by atoms with Crippen LogP contribution >= 0.6 is 10.7 Å². The minimum atomic E-state index is -4.21. The molecule has 1 aromatic rings. The fourth-order valence-corrected chi connectivity index (χ4v) is 2.34. The molecule has 0 spiro atoms. The van der Waals surface area contributed by atoms with Crippen molar-refractivity contribution >= 4 is 25.6 Å². The molecule has 18 heavy (non-hydrogen) atoms. The number of benzene rings is 1. The molecule has 0 atom stereocenters. The maximum absolute atomic E-state index is 13.6. The smallest absolute Gasteiger partial charge is 0.265 e. The largest absolute Gasteiger partial charge is 0.492 e. The predicted molar refractivity (Wildman–Crippen MR) is 64.0 cm³/mol. The monoisotopic (exact) mass is 295 g/mol. The number of ether oxygens (including phenoxy) is 1. The van der Waals surface area contributed by atoms with Crippen molar-refractivity contribution in [3.63, 3.8) is 0 Å². The number of halogens is 2. The molecule has 1 rings (SSSR count). The summed E-state index contributed by atoms with van der Waals surface area (Å²) in [4.78, 5) is 12.3. The van der Waals surface area contributed by atoms with Crippen LogP contribution in [-0.2, 0) is 9.05 Å². The van der Waals surface area contributed by atoms with Crippen molar-refractivity contribution < 1.29 is 22.3 Å². The van der Waals surface area contributed by atoms with Gasteiger partial charge in [0.1, 0.15) is 4.90 Å². The molecule has 5 nitrogen and oxygen atoms in total. The zero-order valence-electron chi connectivity index (χ0n) is 9.90. The van der Waals surface area contributed by atoms with Gasteiger partial charge in [0.2, 0.25) is 0 Å². The van der Waals surface area contributed by atoms with E-state index >= 15 is 0 Å². The Morgan fingerprint density at radius 3 is 2.33 bits per heavy atom. The Morgan fingerprint density at radius 2 is 1.94 bits per heavy atom. The second kappa shape index (κ2) is 5.11. The van der Waals surface area contributed by atoms with Gasteiger partial charge in [-0.2, -0.15) is 0 Å². The van der Waals surface area contributed by atoms with Crippen molar-refractivity contribution in [2.24, 2.45) is 0 Å². The van der Waals surface area contributed by atoms with Crippen molar-refractivity contribution in [1.29, 1.82) is 0 Å². The normalized spacial score (nSPS) is 11.2. The number of hydrogen-bond donors (Lipinski definition) is 0. The molecule has 0 heterocycles. The Kier molecular flexibility index (Phi) is 4.18. The number of methoxy groups -OCH3 is 1. The first-order chi connectivity index (χ1) is 8.18. The van der Waals surface area contributed by atoms with Gasteiger partial charge in [0.25, 0.3) is 15.0 Å². The third-order valence-electron chi connectivity index (χ3n) is 2.13. The molecular formula is C10H11ClFNO4S. The zero-order valence-corrected chi connectivity index (χ0v) is 11.5. The average Bonchev–Trinajstić information content (AvgIpc) is 2.25. The topological polar surface area (TPSA) is 63.7 Å². The third-order valence-corrected chi connectivity index (χ3v) is 3.46. The zero-order chi connectivity index (χ0) is 14.1. The van der Waals surface area contributed by atoms with Crippen molar-refractivity contribution in [1.82, 2.24) is 4.90 Å². The van der Waals surface area contributed by atoms with Crippen LogP contribution in [0, 0.1) is 5.82 Å². The van der Waals surface area contributed by atoms with Crippen molar-refractivity contribution in [3.05, 3.63) is 23.5 Å². The molecule has 0 aliphatic heterocycles. The summed E-state index contributed by atoms with van der Waals surface area (Å²) in [6.07, 6.45) is 0. The quantitative estimate of drug-likeness (QED) is 0.792. The summed E-state index contributed by atoms with van der Waals surface area (Å²) in [6, 6.07) is 1.87. The highest BCUT2D eigenvalue weighted by molar-refractivity contribution is 8.13. The predicted octanol–water partition coefficient (Wildman–Crippen LogP) is 1.46. The highest BCUT2D eigenvalue weighted by Gasteiger charge is 2.24. The first kappa shape index (κ1) is 14.7. The molecule has 1 amide bonds. The Labute approximate surface area is 109 Å². The van der Waals surface area contributed by atoms with Crippen LogP contribution in [0.15, 0.2) is 17.0 Å². The van der Waals surface area contributed by atoms with Crippen LogP contribution in [0.4, 0.5) is 4.39 Å². The summed E-state index contributed by atoms with van der Waals surface area (Å²) in [5.41, 5.74) is -0.127. The van der Waals surface area contributed by atoms with Gasteiger partial charge in [0.15, 0.2) is 11.6 Å². The lowest BCUT2D eigenvalue weighted by atomic mass is 10.2. The Bertz CT molecular complexity index is 586. The van der Waals surface area contributed by atoms with Crippen LogP contribution in [-0.4, -0.2) is 40.4 Å². The van der Waals surface area contributed by atoms with E-state index in [1.54, 1.807) is 0 Å². The van der Waals surface area contributed by atoms with Crippen molar-refractivity contribution in [2.45, 2.75) is 4.90 Å². The number of amides is 1. The maximum Gasteiger partial charge on any atom is 0.265 e. The second-order valence-corrected chi connectivity index (χ2v) is 6.16. The van der Waals surface area contributed by atoms with Gasteiger partial charge < -0.3 is 9.64 Å². The van der Waals surface area contributed by atoms with Gasteiger partial charge in [-0.3, -0.25) is 4.79 Å². The van der Waals surface area contributed by atoms with E-state index in [0.29, 0.717) is 0 Å². The Morgan fingerprint density at radius 1 is 1.39 bits per heavy atom. The molecule has 100 valence electrons. The summed E-state index contributed by atoms with van der Waals surface area (Å²) >= 11 is 0. The summed E-state index contributed by atoms with van der Waals surface area (Å²) in [5, 5.41) is 0. The fourth-order valence-electron chi connectivity index (χ4n) is 1.33. The highest BCUT2D eigenvalue weighted by Crippen LogP contribution is 2.31. The molecule has 0 aliphatic rings. The first-order valence-electron chi connectivity index (χ1n) is 4.72. The lowest BCUT2D eigenvalue weighted by Crippen LogP contribution is -2.22. The number of hydrogen-bond acceptors (Lipinski definition) is 4. The van der Waals surface area contributed by atoms with E-state index < -0.39 is 31.4 Å². The molecule has 0 saturated heterocycles. The molecule has 0 unspecified atom stereocenters. The molecule has 0 N–H and O–H groups in total. The number of carbonyl (C=O) groups excluding carboxylic acids is 1. The van der Waals surface area contributed by atoms with Crippen LogP contribution < -0.4 is 4.74 Å². The molecule has 0 bridgehead atoms. The minimum Gasteiger partial charge on any atom is -0.492 e. The minimum absolute atomic E-state index is 0.127. The fraction of sp³-hybridized carbons (Fsp3) is 0.300. The van der Waals surface area contributed by atoms with Crippen LogP contribution in [0.5, 0.6) is 5.75 Å². The number of carbonyl (C=O) groups is 1. The van der Waals surface area contributed by atoms with Gasteiger partial charge in [-0.15, -0.1) is 0 Å². The van der Waals surface area contributed by atoms with E-state index in [2.05, 4.69) is 4.74 Å². The van der Waals surface area contributed by atoms with Crippen LogP contribution in [0.3, 0.4) is 0 Å². The average molecular weight is 296 g/mol. The maximum atomic E-state index is 13.6. The Balaban J connectivity index is 3.55. The van der Waals surface area contributed by atoms with Gasteiger partial charge in [0, 0.05) is 30.3 Å². The van der Waals surface area contributed by atoms with E-state index in [9.17, 15) is 17.6 Å². The molecule has 0 aliphatic carbocycles. The van der Waals surface area contributed by atoms with E-state index in [-0.39, 0.29) is 5.56 Å². The van der Waals surface area contributed by atoms with Crippen molar-refractivity contribution in [3.8, 4) is 5.75 Å². The van der Waals surface area contributed by atoms with Crippen LogP contribution in [0.1, 0.15) is 10.4 Å². The molecule has 0 saturated carbocycles. The van der Waals surface area contributed by atoms with Gasteiger partial charge in [0.05, 0.1) is 7.11 Å². The molecular weight excluding hydrogens is 285 g/mol. The summed E-state index contributed by atoms with van der Waals surface area (Å²) in [5.74, 6) is -2.03. The first-order valence-corrected chi connectivity index (χ1v) is 7.03. The van der Waals surface area contributed by atoms with E-state index in [4.69, 9.17) is 10.7 Å². The summed E-state index contributed by atoms with van der Waals surface area (Å²) in [6.45, 7) is 0. The van der Waals surface area contributed by atoms with Gasteiger partial charge in [-0.05, 0) is 12.1 Å². The standard InChI is InChI=1S/C10H11ClFNO4S/c1-13(2)10(14)6-4-7(12)9(17-3)8(5-6)18(11,15)16/h4-5H,1-3H3. The summed E-state index contributed by atoms with van der Waals surface area (Å²) < 4.78 is 40.9. The second-order valence-electron chi connectivity index (χ2n) is 3.63. The lowest BCUT2D eigenvalue weighted by Gasteiger charge is -2.13. The molecule has 8 heteroatoms. The number of rotatable bonds is 3. The molecule has 0 radical (unpaired) electrons. The lowest BCUT2D eigenvalue weighted by molar-refractivity contribution is 0.0826. The molecule has 0 fully saturated rings.